The van der Waals surface area contributed by atoms with E-state index in [1.54, 1.807) is 18.2 Å². The van der Waals surface area contributed by atoms with Gasteiger partial charge in [-0.15, -0.1) is 0 Å². The number of rotatable bonds is 3. The van der Waals surface area contributed by atoms with Gasteiger partial charge in [0, 0.05) is 12.0 Å². The van der Waals surface area contributed by atoms with Crippen LogP contribution in [0.25, 0.3) is 0 Å². The Balaban J connectivity index is 1.92. The Kier molecular flexibility index (Phi) is 2.98. The van der Waals surface area contributed by atoms with Gasteiger partial charge in [0.25, 0.3) is 0 Å². The quantitative estimate of drug-likeness (QED) is 0.902. The predicted molar refractivity (Wildman–Crippen MR) is 73.1 cm³/mol. The van der Waals surface area contributed by atoms with Crippen molar-refractivity contribution in [2.24, 2.45) is 0 Å². The first kappa shape index (κ1) is 12.2. The molecule has 98 valence electrons. The first-order chi connectivity index (χ1) is 9.13. The van der Waals surface area contributed by atoms with E-state index in [4.69, 9.17) is 17.3 Å². The number of nitrogens with two attached hydrogens (primary N) is 1. The standard InChI is InChI=1S/C13H12ClFN4/c14-8-2-1-3-9(12(8)15)17-11-6-10(16)18-13(19-11)7-4-5-7/h1-3,6-7H,4-5H2,(H3,16,17,18,19). The van der Waals surface area contributed by atoms with Gasteiger partial charge in [0.15, 0.2) is 5.82 Å². The molecule has 6 heteroatoms. The van der Waals surface area contributed by atoms with Crippen LogP contribution in [0.15, 0.2) is 24.3 Å². The van der Waals surface area contributed by atoms with Crippen molar-refractivity contribution in [1.29, 1.82) is 0 Å². The highest BCUT2D eigenvalue weighted by molar-refractivity contribution is 6.31. The Bertz CT molecular complexity index is 628. The van der Waals surface area contributed by atoms with Crippen LogP contribution in [0, 0.1) is 5.82 Å². The minimum absolute atomic E-state index is 0.0643. The third kappa shape index (κ3) is 2.61. The lowest BCUT2D eigenvalue weighted by atomic mass is 10.3. The summed E-state index contributed by atoms with van der Waals surface area (Å²) in [5.41, 5.74) is 6.01. The minimum atomic E-state index is -0.505. The van der Waals surface area contributed by atoms with E-state index in [-0.39, 0.29) is 10.7 Å². The van der Waals surface area contributed by atoms with Crippen molar-refractivity contribution < 1.29 is 4.39 Å². The molecule has 19 heavy (non-hydrogen) atoms. The van der Waals surface area contributed by atoms with E-state index in [0.717, 1.165) is 12.8 Å². The number of hydrogen-bond acceptors (Lipinski definition) is 4. The molecule has 0 aliphatic heterocycles. The summed E-state index contributed by atoms with van der Waals surface area (Å²) in [6.45, 7) is 0. The number of nitrogens with one attached hydrogen (secondary N) is 1. The monoisotopic (exact) mass is 278 g/mol. The third-order valence-corrected chi connectivity index (χ3v) is 3.21. The molecule has 1 fully saturated rings. The molecule has 0 amide bonds. The highest BCUT2D eigenvalue weighted by Crippen LogP contribution is 2.38. The summed E-state index contributed by atoms with van der Waals surface area (Å²) >= 11 is 5.73. The molecular weight excluding hydrogens is 267 g/mol. The molecule has 0 spiro atoms. The molecule has 3 rings (SSSR count). The fourth-order valence-corrected chi connectivity index (χ4v) is 1.99. The minimum Gasteiger partial charge on any atom is -0.384 e. The Morgan fingerprint density at radius 2 is 2.11 bits per heavy atom. The van der Waals surface area contributed by atoms with Gasteiger partial charge in [0.1, 0.15) is 17.5 Å². The van der Waals surface area contributed by atoms with Gasteiger partial charge >= 0.3 is 0 Å². The van der Waals surface area contributed by atoms with E-state index in [0.29, 0.717) is 23.4 Å². The van der Waals surface area contributed by atoms with Crippen molar-refractivity contribution in [1.82, 2.24) is 9.97 Å². The summed E-state index contributed by atoms with van der Waals surface area (Å²) in [5, 5.41) is 2.95. The van der Waals surface area contributed by atoms with Crippen molar-refractivity contribution in [3.8, 4) is 0 Å². The Morgan fingerprint density at radius 3 is 2.84 bits per heavy atom. The van der Waals surface area contributed by atoms with Crippen molar-refractivity contribution in [2.45, 2.75) is 18.8 Å². The van der Waals surface area contributed by atoms with Gasteiger partial charge in [-0.25, -0.2) is 14.4 Å². The zero-order valence-corrected chi connectivity index (χ0v) is 10.8. The Hall–Kier alpha value is -1.88. The molecule has 1 aliphatic rings. The summed E-state index contributed by atoms with van der Waals surface area (Å²) in [4.78, 5) is 8.53. The molecule has 0 unspecified atom stereocenters. The predicted octanol–water partition coefficient (Wildman–Crippen LogP) is 3.47. The SMILES string of the molecule is Nc1cc(Nc2cccc(Cl)c2F)nc(C2CC2)n1. The van der Waals surface area contributed by atoms with Crippen LogP contribution in [0.1, 0.15) is 24.6 Å². The lowest BCUT2D eigenvalue weighted by Crippen LogP contribution is -2.03. The van der Waals surface area contributed by atoms with Gasteiger partial charge in [-0.1, -0.05) is 17.7 Å². The highest BCUT2D eigenvalue weighted by atomic mass is 35.5. The lowest BCUT2D eigenvalue weighted by molar-refractivity contribution is 0.632. The van der Waals surface area contributed by atoms with Crippen molar-refractivity contribution in [3.63, 3.8) is 0 Å². The van der Waals surface area contributed by atoms with Crippen molar-refractivity contribution >= 4 is 28.9 Å². The Morgan fingerprint density at radius 1 is 1.32 bits per heavy atom. The summed E-state index contributed by atoms with van der Waals surface area (Å²) in [7, 11) is 0. The molecule has 2 aromatic rings. The van der Waals surface area contributed by atoms with Crippen LogP contribution in [0.5, 0.6) is 0 Å². The van der Waals surface area contributed by atoms with Crippen molar-refractivity contribution in [2.75, 3.05) is 11.1 Å². The number of nitrogens with zero attached hydrogens (tertiary/aromatic N) is 2. The normalized spacial score (nSPS) is 14.4. The van der Waals surface area contributed by atoms with Gasteiger partial charge in [-0.05, 0) is 25.0 Å². The molecule has 0 radical (unpaired) electrons. The van der Waals surface area contributed by atoms with Crippen LogP contribution in [0.2, 0.25) is 5.02 Å². The van der Waals surface area contributed by atoms with Crippen LogP contribution < -0.4 is 11.1 Å². The second-order valence-corrected chi connectivity index (χ2v) is 4.94. The van der Waals surface area contributed by atoms with Gasteiger partial charge in [0.2, 0.25) is 0 Å². The second-order valence-electron chi connectivity index (χ2n) is 4.54. The molecular formula is C13H12ClFN4. The summed E-state index contributed by atoms with van der Waals surface area (Å²) in [6.07, 6.45) is 2.16. The van der Waals surface area contributed by atoms with Crippen molar-refractivity contribution in [3.05, 3.63) is 40.9 Å². The number of benzene rings is 1. The zero-order chi connectivity index (χ0) is 13.4. The summed E-state index contributed by atoms with van der Waals surface area (Å²) in [5.74, 6) is 1.45. The van der Waals surface area contributed by atoms with Crippen LogP contribution in [-0.2, 0) is 0 Å². The molecule has 3 N–H and O–H groups in total. The zero-order valence-electron chi connectivity index (χ0n) is 10.0. The maximum absolute atomic E-state index is 13.8. The van der Waals surface area contributed by atoms with Gasteiger partial charge < -0.3 is 11.1 Å². The van der Waals surface area contributed by atoms with E-state index in [2.05, 4.69) is 15.3 Å². The fourth-order valence-electron chi connectivity index (χ4n) is 1.81. The number of halogens is 2. The molecule has 1 saturated carbocycles. The summed E-state index contributed by atoms with van der Waals surface area (Å²) < 4.78 is 13.8. The third-order valence-electron chi connectivity index (χ3n) is 2.92. The topological polar surface area (TPSA) is 63.8 Å². The second kappa shape index (κ2) is 4.66. The lowest BCUT2D eigenvalue weighted by Gasteiger charge is -2.09. The summed E-state index contributed by atoms with van der Waals surface area (Å²) in [6, 6.07) is 6.33. The van der Waals surface area contributed by atoms with E-state index < -0.39 is 5.82 Å². The number of nitrogen functional groups attached to an aromatic ring is 1. The smallest absolute Gasteiger partial charge is 0.165 e. The van der Waals surface area contributed by atoms with E-state index in [1.807, 2.05) is 0 Å². The average molecular weight is 279 g/mol. The molecule has 1 heterocycles. The van der Waals surface area contributed by atoms with Crippen LogP contribution in [-0.4, -0.2) is 9.97 Å². The highest BCUT2D eigenvalue weighted by Gasteiger charge is 2.27. The fraction of sp³-hybridized carbons (Fsp3) is 0.231. The van der Waals surface area contributed by atoms with Crippen LogP contribution in [0.4, 0.5) is 21.7 Å². The number of anilines is 3. The molecule has 0 atom stereocenters. The first-order valence-electron chi connectivity index (χ1n) is 5.99. The average Bonchev–Trinajstić information content (AvgIpc) is 3.18. The van der Waals surface area contributed by atoms with Gasteiger partial charge in [-0.3, -0.25) is 0 Å². The van der Waals surface area contributed by atoms with Crippen LogP contribution in [0.3, 0.4) is 0 Å². The van der Waals surface area contributed by atoms with E-state index >= 15 is 0 Å². The van der Waals surface area contributed by atoms with Gasteiger partial charge in [0.05, 0.1) is 10.7 Å². The Labute approximate surface area is 114 Å². The molecule has 4 nitrogen and oxygen atoms in total. The molecule has 1 aliphatic carbocycles. The number of hydrogen-bond donors (Lipinski definition) is 2. The molecule has 1 aromatic carbocycles. The largest absolute Gasteiger partial charge is 0.384 e. The maximum Gasteiger partial charge on any atom is 0.165 e. The number of aromatic nitrogens is 2. The first-order valence-corrected chi connectivity index (χ1v) is 6.37. The van der Waals surface area contributed by atoms with E-state index in [1.165, 1.54) is 6.07 Å². The molecule has 0 bridgehead atoms. The molecule has 0 saturated heterocycles. The van der Waals surface area contributed by atoms with Gasteiger partial charge in [-0.2, -0.15) is 0 Å². The van der Waals surface area contributed by atoms with E-state index in [9.17, 15) is 4.39 Å². The molecule has 1 aromatic heterocycles. The van der Waals surface area contributed by atoms with Crippen LogP contribution >= 0.6 is 11.6 Å². The maximum atomic E-state index is 13.8.